The number of methoxy groups -OCH3 is 1. The van der Waals surface area contributed by atoms with Gasteiger partial charge in [0.1, 0.15) is 17.4 Å². The first-order chi connectivity index (χ1) is 14.6. The Kier molecular flexibility index (Phi) is 9.42. The average Bonchev–Trinajstić information content (AvgIpc) is 2.72. The number of carbonyl (C=O) groups excluding carboxylic acids is 2. The lowest BCUT2D eigenvalue weighted by atomic mass is 9.84. The van der Waals surface area contributed by atoms with Gasteiger partial charge in [-0.2, -0.15) is 0 Å². The monoisotopic (exact) mass is 467 g/mol. The molecule has 1 unspecified atom stereocenters. The van der Waals surface area contributed by atoms with Crippen LogP contribution in [-0.2, 0) is 26.3 Å². The molecule has 8 N–H and O–H groups in total. The second-order valence-corrected chi connectivity index (χ2v) is 6.75. The molecule has 2 aromatic rings. The van der Waals surface area contributed by atoms with E-state index in [9.17, 15) is 14.0 Å². The Morgan fingerprint density at radius 1 is 1.16 bits per heavy atom. The van der Waals surface area contributed by atoms with E-state index in [1.165, 1.54) is 25.3 Å². The van der Waals surface area contributed by atoms with Crippen LogP contribution in [0, 0.1) is 11.2 Å². The Bertz CT molecular complexity index is 1000. The zero-order valence-electron chi connectivity index (χ0n) is 17.7. The predicted octanol–water partition coefficient (Wildman–Crippen LogP) is 1.40. The summed E-state index contributed by atoms with van der Waals surface area (Å²) in [5.41, 5.74) is 15.8. The van der Waals surface area contributed by atoms with Crippen LogP contribution < -0.4 is 27.3 Å². The van der Waals surface area contributed by atoms with Crippen molar-refractivity contribution in [2.75, 3.05) is 25.6 Å². The highest BCUT2D eigenvalue weighted by atomic mass is 35.5. The average molecular weight is 468 g/mol. The summed E-state index contributed by atoms with van der Waals surface area (Å²) in [6.45, 7) is 1.53. The van der Waals surface area contributed by atoms with Gasteiger partial charge in [0.15, 0.2) is 5.60 Å². The van der Waals surface area contributed by atoms with Gasteiger partial charge in [0.25, 0.3) is 5.91 Å². The van der Waals surface area contributed by atoms with E-state index in [1.807, 2.05) is 0 Å². The Morgan fingerprint density at radius 3 is 2.34 bits per heavy atom. The van der Waals surface area contributed by atoms with Gasteiger partial charge in [-0.1, -0.05) is 12.1 Å². The predicted molar refractivity (Wildman–Crippen MR) is 122 cm³/mol. The van der Waals surface area contributed by atoms with Gasteiger partial charge in [-0.15, -0.1) is 12.4 Å². The third-order valence-electron chi connectivity index (χ3n) is 4.71. The Balaban J connectivity index is 0.00000512. The number of nitrogens with two attached hydrogens (primary N) is 3. The molecule has 0 radical (unpaired) electrons. The van der Waals surface area contributed by atoms with Gasteiger partial charge in [-0.3, -0.25) is 15.0 Å². The van der Waals surface area contributed by atoms with Gasteiger partial charge < -0.3 is 32.0 Å². The Morgan fingerprint density at radius 2 is 1.84 bits per heavy atom. The fraction of sp³-hybridized carbons (Fsp3) is 0.286. The minimum absolute atomic E-state index is 0. The van der Waals surface area contributed by atoms with Crippen LogP contribution in [0.5, 0.6) is 5.75 Å². The molecular formula is C21H27ClFN5O4. The summed E-state index contributed by atoms with van der Waals surface area (Å²) < 4.78 is 25.7. The quantitative estimate of drug-likeness (QED) is 0.247. The molecule has 0 saturated carbocycles. The van der Waals surface area contributed by atoms with Gasteiger partial charge in [-0.25, -0.2) is 4.39 Å². The Hall–Kier alpha value is -3.37. The van der Waals surface area contributed by atoms with E-state index in [-0.39, 0.29) is 49.1 Å². The maximum atomic E-state index is 15.0. The molecule has 0 bridgehead atoms. The number of ether oxygens (including phenoxy) is 2. The van der Waals surface area contributed by atoms with Crippen molar-refractivity contribution in [2.45, 2.75) is 18.9 Å². The number of carbonyl (C=O) groups is 2. The van der Waals surface area contributed by atoms with E-state index in [2.05, 4.69) is 5.32 Å². The third kappa shape index (κ3) is 5.86. The van der Waals surface area contributed by atoms with Crippen molar-refractivity contribution in [1.29, 1.82) is 5.41 Å². The molecule has 2 amide bonds. The van der Waals surface area contributed by atoms with Crippen LogP contribution in [0.15, 0.2) is 36.4 Å². The highest BCUT2D eigenvalue weighted by Crippen LogP contribution is 2.35. The van der Waals surface area contributed by atoms with E-state index in [4.69, 9.17) is 32.1 Å². The minimum Gasteiger partial charge on any atom is -0.497 e. The fourth-order valence-electron chi connectivity index (χ4n) is 3.22. The van der Waals surface area contributed by atoms with Gasteiger partial charge >= 0.3 is 0 Å². The first-order valence-electron chi connectivity index (χ1n) is 9.42. The van der Waals surface area contributed by atoms with Crippen LogP contribution >= 0.6 is 12.4 Å². The maximum absolute atomic E-state index is 15.0. The van der Waals surface area contributed by atoms with E-state index in [1.54, 1.807) is 19.1 Å². The third-order valence-corrected chi connectivity index (χ3v) is 4.71. The molecule has 2 rings (SSSR count). The summed E-state index contributed by atoms with van der Waals surface area (Å²) >= 11 is 0. The topological polar surface area (TPSA) is 167 Å². The van der Waals surface area contributed by atoms with Crippen molar-refractivity contribution in [1.82, 2.24) is 0 Å². The van der Waals surface area contributed by atoms with E-state index in [0.717, 1.165) is 6.07 Å². The number of halogens is 2. The number of anilines is 1. The van der Waals surface area contributed by atoms with Crippen LogP contribution in [-0.4, -0.2) is 37.9 Å². The van der Waals surface area contributed by atoms with Gasteiger partial charge in [-0.05, 0) is 30.7 Å². The van der Waals surface area contributed by atoms with E-state index in [0.29, 0.717) is 16.8 Å². The van der Waals surface area contributed by atoms with Crippen molar-refractivity contribution >= 4 is 35.7 Å². The molecule has 9 nitrogen and oxygen atoms in total. The van der Waals surface area contributed by atoms with Gasteiger partial charge in [0.05, 0.1) is 13.7 Å². The van der Waals surface area contributed by atoms with Crippen molar-refractivity contribution < 1.29 is 23.5 Å². The van der Waals surface area contributed by atoms with E-state index >= 15 is 0 Å². The fourth-order valence-corrected chi connectivity index (χ4v) is 3.22. The smallest absolute Gasteiger partial charge is 0.254 e. The number of hydrogen-bond acceptors (Lipinski definition) is 6. The molecule has 0 heterocycles. The first-order valence-corrected chi connectivity index (χ1v) is 9.42. The largest absolute Gasteiger partial charge is 0.497 e. The number of rotatable bonds is 11. The standard InChI is InChI=1S/C21H26FN5O4.ClH/c1-3-31-21(20(26)29,15-7-6-14(30-2)9-16(15)22)10-13-5-4-12(19(24)25)8-17(13)27-11-18(23)28;/h4-9,27H,3,10-11H2,1-2H3,(H2,23,28)(H3,24,25)(H2,26,29);1H. The van der Waals surface area contributed by atoms with Crippen LogP contribution in [0.2, 0.25) is 0 Å². The lowest BCUT2D eigenvalue weighted by molar-refractivity contribution is -0.145. The molecule has 0 aliphatic carbocycles. The molecule has 0 spiro atoms. The molecule has 2 aromatic carbocycles. The molecule has 0 fully saturated rings. The molecule has 32 heavy (non-hydrogen) atoms. The molecule has 0 aliphatic heterocycles. The number of amidine groups is 1. The number of amides is 2. The van der Waals surface area contributed by atoms with Crippen molar-refractivity contribution in [3.63, 3.8) is 0 Å². The van der Waals surface area contributed by atoms with Crippen LogP contribution in [0.4, 0.5) is 10.1 Å². The molecule has 1 atom stereocenters. The van der Waals surface area contributed by atoms with Crippen molar-refractivity contribution in [3.8, 4) is 5.75 Å². The number of nitrogens with one attached hydrogen (secondary N) is 2. The van der Waals surface area contributed by atoms with Crippen molar-refractivity contribution in [3.05, 3.63) is 58.9 Å². The second-order valence-electron chi connectivity index (χ2n) is 6.75. The summed E-state index contributed by atoms with van der Waals surface area (Å²) in [4.78, 5) is 23.9. The highest BCUT2D eigenvalue weighted by Gasteiger charge is 2.42. The number of hydrogen-bond donors (Lipinski definition) is 5. The zero-order chi connectivity index (χ0) is 23.2. The summed E-state index contributed by atoms with van der Waals surface area (Å²) in [5, 5.41) is 10.5. The number of benzene rings is 2. The molecular weight excluding hydrogens is 441 g/mol. The van der Waals surface area contributed by atoms with Gasteiger partial charge in [0, 0.05) is 35.9 Å². The number of primary amides is 2. The molecule has 0 saturated heterocycles. The second kappa shape index (κ2) is 11.3. The molecule has 11 heteroatoms. The summed E-state index contributed by atoms with van der Waals surface area (Å²) in [6.07, 6.45) is -0.154. The lowest BCUT2D eigenvalue weighted by Gasteiger charge is -2.32. The normalized spacial score (nSPS) is 12.2. The first kappa shape index (κ1) is 26.7. The SMILES string of the molecule is CCOC(Cc1ccc(C(=N)N)cc1NCC(N)=O)(C(N)=O)c1ccc(OC)cc1F.Cl. The van der Waals surface area contributed by atoms with Gasteiger partial charge in [0.2, 0.25) is 5.91 Å². The van der Waals surface area contributed by atoms with E-state index < -0.39 is 23.2 Å². The maximum Gasteiger partial charge on any atom is 0.254 e. The highest BCUT2D eigenvalue weighted by molar-refractivity contribution is 5.96. The van der Waals surface area contributed by atoms with Crippen LogP contribution in [0.1, 0.15) is 23.6 Å². The van der Waals surface area contributed by atoms with Crippen LogP contribution in [0.25, 0.3) is 0 Å². The Labute approximate surface area is 191 Å². The summed E-state index contributed by atoms with van der Waals surface area (Å²) in [5.74, 6) is -2.16. The molecule has 0 aliphatic rings. The summed E-state index contributed by atoms with van der Waals surface area (Å²) in [7, 11) is 1.39. The molecule has 174 valence electrons. The van der Waals surface area contributed by atoms with Crippen molar-refractivity contribution in [2.24, 2.45) is 17.2 Å². The van der Waals surface area contributed by atoms with Crippen LogP contribution in [0.3, 0.4) is 0 Å². The zero-order valence-corrected chi connectivity index (χ0v) is 18.6. The summed E-state index contributed by atoms with van der Waals surface area (Å²) in [6, 6.07) is 8.71. The minimum atomic E-state index is -1.84. The number of nitrogen functional groups attached to an aromatic ring is 1. The lowest BCUT2D eigenvalue weighted by Crippen LogP contribution is -2.46. The molecule has 0 aromatic heterocycles.